The molecule has 21 heavy (non-hydrogen) atoms. The molecule has 4 heteroatoms. The minimum Gasteiger partial charge on any atom is -0.494 e. The third kappa shape index (κ3) is 3.39. The van der Waals surface area contributed by atoms with Crippen LogP contribution in [-0.2, 0) is 12.8 Å². The number of aromatic nitrogens is 1. The summed E-state index contributed by atoms with van der Waals surface area (Å²) in [4.78, 5) is 4.47. The molecule has 1 aromatic carbocycles. The van der Waals surface area contributed by atoms with Crippen molar-refractivity contribution in [1.82, 2.24) is 10.3 Å². The second kappa shape index (κ2) is 7.18. The summed E-state index contributed by atoms with van der Waals surface area (Å²) >= 11 is 0. The molecule has 0 spiro atoms. The Labute approximate surface area is 125 Å². The van der Waals surface area contributed by atoms with Gasteiger partial charge in [-0.05, 0) is 43.1 Å². The zero-order valence-corrected chi connectivity index (χ0v) is 12.7. The molecule has 1 N–H and O–H groups in total. The molecule has 1 aromatic heterocycles. The Kier molecular flexibility index (Phi) is 5.28. The summed E-state index contributed by atoms with van der Waals surface area (Å²) in [6, 6.07) is 9.20. The van der Waals surface area contributed by atoms with Gasteiger partial charge in [-0.15, -0.1) is 0 Å². The number of methoxy groups -OCH3 is 1. The van der Waals surface area contributed by atoms with Gasteiger partial charge in [0.05, 0.1) is 18.8 Å². The van der Waals surface area contributed by atoms with Crippen molar-refractivity contribution in [1.29, 1.82) is 0 Å². The van der Waals surface area contributed by atoms with Crippen LogP contribution in [0.1, 0.15) is 29.8 Å². The number of benzene rings is 1. The van der Waals surface area contributed by atoms with E-state index in [0.717, 1.165) is 12.1 Å². The molecule has 0 aliphatic carbocycles. The lowest BCUT2D eigenvalue weighted by Gasteiger charge is -2.19. The lowest BCUT2D eigenvalue weighted by molar-refractivity contribution is 0.382. The van der Waals surface area contributed by atoms with Crippen molar-refractivity contribution in [3.8, 4) is 5.75 Å². The van der Waals surface area contributed by atoms with E-state index in [4.69, 9.17) is 4.74 Å². The Hall–Kier alpha value is -1.94. The van der Waals surface area contributed by atoms with E-state index in [2.05, 4.69) is 23.3 Å². The fourth-order valence-electron chi connectivity index (χ4n) is 2.49. The molecule has 112 valence electrons. The number of nitrogens with zero attached hydrogens (tertiary/aromatic N) is 1. The first-order valence-corrected chi connectivity index (χ1v) is 7.13. The molecule has 0 aliphatic rings. The van der Waals surface area contributed by atoms with Crippen molar-refractivity contribution in [2.45, 2.75) is 25.8 Å². The lowest BCUT2D eigenvalue weighted by atomic mass is 9.98. The second-order valence-electron chi connectivity index (χ2n) is 4.88. The van der Waals surface area contributed by atoms with Crippen molar-refractivity contribution < 1.29 is 9.13 Å². The minimum atomic E-state index is -0.297. The second-order valence-corrected chi connectivity index (χ2v) is 4.88. The van der Waals surface area contributed by atoms with Gasteiger partial charge in [0.15, 0.2) is 11.6 Å². The maximum Gasteiger partial charge on any atom is 0.168 e. The van der Waals surface area contributed by atoms with Crippen molar-refractivity contribution in [3.63, 3.8) is 0 Å². The summed E-state index contributed by atoms with van der Waals surface area (Å²) in [7, 11) is 3.35. The Morgan fingerprint density at radius 2 is 2.00 bits per heavy atom. The number of hydrogen-bond donors (Lipinski definition) is 1. The molecule has 0 amide bonds. The highest BCUT2D eigenvalue weighted by atomic mass is 19.1. The largest absolute Gasteiger partial charge is 0.494 e. The van der Waals surface area contributed by atoms with Crippen LogP contribution < -0.4 is 10.1 Å². The van der Waals surface area contributed by atoms with Crippen molar-refractivity contribution in [2.24, 2.45) is 0 Å². The van der Waals surface area contributed by atoms with Gasteiger partial charge in [-0.1, -0.05) is 25.1 Å². The topological polar surface area (TPSA) is 34.1 Å². The SMILES string of the molecule is CCc1cccnc1C(Cc1cccc(OC)c1F)NC. The number of likely N-dealkylation sites (N-methyl/N-ethyl adjacent to an activating group) is 1. The highest BCUT2D eigenvalue weighted by molar-refractivity contribution is 5.33. The van der Waals surface area contributed by atoms with Crippen molar-refractivity contribution >= 4 is 0 Å². The first kappa shape index (κ1) is 15.4. The van der Waals surface area contributed by atoms with Gasteiger partial charge in [0.25, 0.3) is 0 Å². The number of aryl methyl sites for hydroxylation is 1. The summed E-state index contributed by atoms with van der Waals surface area (Å²) in [5, 5.41) is 3.24. The summed E-state index contributed by atoms with van der Waals surface area (Å²) < 4.78 is 19.3. The predicted molar refractivity (Wildman–Crippen MR) is 82.1 cm³/mol. The van der Waals surface area contributed by atoms with Crippen LogP contribution in [0.5, 0.6) is 5.75 Å². The first-order chi connectivity index (χ1) is 10.2. The summed E-state index contributed by atoms with van der Waals surface area (Å²) in [5.74, 6) is -0.0201. The van der Waals surface area contributed by atoms with Crippen LogP contribution in [0.2, 0.25) is 0 Å². The average Bonchev–Trinajstić information content (AvgIpc) is 2.54. The average molecular weight is 288 g/mol. The molecule has 1 unspecified atom stereocenters. The molecule has 0 saturated carbocycles. The number of hydrogen-bond acceptors (Lipinski definition) is 3. The van der Waals surface area contributed by atoms with Gasteiger partial charge in [0, 0.05) is 6.20 Å². The smallest absolute Gasteiger partial charge is 0.168 e. The number of halogens is 1. The standard InChI is InChI=1S/C17H21FN2O/c1-4-12-8-6-10-20-17(12)14(19-2)11-13-7-5-9-15(21-3)16(13)18/h5-10,14,19H,4,11H2,1-3H3. The summed E-state index contributed by atoms with van der Waals surface area (Å²) in [5.41, 5.74) is 2.78. The molecule has 3 nitrogen and oxygen atoms in total. The van der Waals surface area contributed by atoms with Crippen molar-refractivity contribution in [2.75, 3.05) is 14.2 Å². The molecular weight excluding hydrogens is 267 g/mol. The third-order valence-corrected chi connectivity index (χ3v) is 3.67. The van der Waals surface area contributed by atoms with Crippen LogP contribution in [0, 0.1) is 5.82 Å². The van der Waals surface area contributed by atoms with Gasteiger partial charge in [0.1, 0.15) is 0 Å². The van der Waals surface area contributed by atoms with E-state index in [0.29, 0.717) is 12.0 Å². The third-order valence-electron chi connectivity index (χ3n) is 3.67. The zero-order valence-electron chi connectivity index (χ0n) is 12.7. The molecule has 0 fully saturated rings. The van der Waals surface area contributed by atoms with Crippen LogP contribution in [0.25, 0.3) is 0 Å². The van der Waals surface area contributed by atoms with Gasteiger partial charge in [-0.25, -0.2) is 4.39 Å². The molecular formula is C17H21FN2O. The van der Waals surface area contributed by atoms with Crippen molar-refractivity contribution in [3.05, 3.63) is 59.2 Å². The lowest BCUT2D eigenvalue weighted by Crippen LogP contribution is -2.22. The van der Waals surface area contributed by atoms with Crippen LogP contribution >= 0.6 is 0 Å². The molecule has 2 aromatic rings. The first-order valence-electron chi connectivity index (χ1n) is 7.13. The van der Waals surface area contributed by atoms with E-state index in [1.165, 1.54) is 12.7 Å². The summed E-state index contributed by atoms with van der Waals surface area (Å²) in [6.07, 6.45) is 3.21. The molecule has 0 bridgehead atoms. The summed E-state index contributed by atoms with van der Waals surface area (Å²) in [6.45, 7) is 2.10. The molecule has 1 heterocycles. The molecule has 2 rings (SSSR count). The Bertz CT molecular complexity index is 601. The van der Waals surface area contributed by atoms with Crippen LogP contribution in [-0.4, -0.2) is 19.1 Å². The maximum atomic E-state index is 14.3. The molecule has 0 aliphatic heterocycles. The van der Waals surface area contributed by atoms with E-state index in [1.54, 1.807) is 18.3 Å². The highest BCUT2D eigenvalue weighted by Gasteiger charge is 2.18. The highest BCUT2D eigenvalue weighted by Crippen LogP contribution is 2.25. The number of rotatable bonds is 6. The zero-order chi connectivity index (χ0) is 15.2. The maximum absolute atomic E-state index is 14.3. The fourth-order valence-corrected chi connectivity index (χ4v) is 2.49. The van der Waals surface area contributed by atoms with Gasteiger partial charge >= 0.3 is 0 Å². The predicted octanol–water partition coefficient (Wildman–Crippen LogP) is 3.29. The van der Waals surface area contributed by atoms with Gasteiger partial charge in [0.2, 0.25) is 0 Å². The molecule has 0 saturated heterocycles. The monoisotopic (exact) mass is 288 g/mol. The van der Waals surface area contributed by atoms with Gasteiger partial charge in [-0.3, -0.25) is 4.98 Å². The molecule has 1 atom stereocenters. The minimum absolute atomic E-state index is 0.0252. The van der Waals surface area contributed by atoms with E-state index in [-0.39, 0.29) is 17.6 Å². The van der Waals surface area contributed by atoms with Crippen LogP contribution in [0.15, 0.2) is 36.5 Å². The normalized spacial score (nSPS) is 12.2. The van der Waals surface area contributed by atoms with Gasteiger partial charge in [-0.2, -0.15) is 0 Å². The van der Waals surface area contributed by atoms with E-state index in [1.807, 2.05) is 19.2 Å². The quantitative estimate of drug-likeness (QED) is 0.885. The number of nitrogens with one attached hydrogen (secondary N) is 1. The van der Waals surface area contributed by atoms with E-state index >= 15 is 0 Å². The van der Waals surface area contributed by atoms with E-state index in [9.17, 15) is 4.39 Å². The van der Waals surface area contributed by atoms with Crippen LogP contribution in [0.3, 0.4) is 0 Å². The van der Waals surface area contributed by atoms with Crippen LogP contribution in [0.4, 0.5) is 4.39 Å². The Morgan fingerprint density at radius 3 is 2.67 bits per heavy atom. The fraction of sp³-hybridized carbons (Fsp3) is 0.353. The Balaban J connectivity index is 2.31. The van der Waals surface area contributed by atoms with E-state index < -0.39 is 0 Å². The number of pyridine rings is 1. The number of ether oxygens (including phenoxy) is 1. The Morgan fingerprint density at radius 1 is 1.24 bits per heavy atom. The van der Waals surface area contributed by atoms with Gasteiger partial charge < -0.3 is 10.1 Å². The molecule has 0 radical (unpaired) electrons.